The van der Waals surface area contributed by atoms with Crippen molar-refractivity contribution < 1.29 is 19.1 Å². The first-order chi connectivity index (χ1) is 11.5. The Labute approximate surface area is 141 Å². The summed E-state index contributed by atoms with van der Waals surface area (Å²) in [7, 11) is 2.82. The average Bonchev–Trinajstić information content (AvgIpc) is 2.57. The number of carbonyl (C=O) groups excluding carboxylic acids is 2. The molecule has 2 rings (SSSR count). The van der Waals surface area contributed by atoms with Gasteiger partial charge in [0.1, 0.15) is 12.6 Å². The molecule has 0 spiro atoms. The summed E-state index contributed by atoms with van der Waals surface area (Å²) in [4.78, 5) is 23.6. The van der Waals surface area contributed by atoms with Gasteiger partial charge in [0.2, 0.25) is 5.91 Å². The van der Waals surface area contributed by atoms with Crippen molar-refractivity contribution in [3.05, 3.63) is 35.9 Å². The van der Waals surface area contributed by atoms with Crippen molar-refractivity contribution in [3.8, 4) is 0 Å². The summed E-state index contributed by atoms with van der Waals surface area (Å²) in [6.45, 7) is 3.59. The Balaban J connectivity index is 2.47. The van der Waals surface area contributed by atoms with E-state index in [2.05, 4.69) is 10.6 Å². The number of esters is 1. The molecule has 0 aliphatic heterocycles. The van der Waals surface area contributed by atoms with Gasteiger partial charge in [-0.15, -0.1) is 0 Å². The summed E-state index contributed by atoms with van der Waals surface area (Å²) in [5, 5.41) is 7.91. The van der Waals surface area contributed by atoms with E-state index in [-0.39, 0.29) is 18.5 Å². The number of benzene rings is 2. The van der Waals surface area contributed by atoms with Crippen molar-refractivity contribution in [2.75, 3.05) is 31.5 Å². The number of hydrogen-bond acceptors (Lipinski definition) is 5. The summed E-state index contributed by atoms with van der Waals surface area (Å²) in [6.07, 6.45) is 0. The number of carbonyl (C=O) groups is 2. The molecular weight excluding hydrogens is 308 g/mol. The Hall–Kier alpha value is -2.60. The van der Waals surface area contributed by atoms with E-state index < -0.39 is 6.04 Å². The van der Waals surface area contributed by atoms with Gasteiger partial charge in [-0.2, -0.15) is 0 Å². The van der Waals surface area contributed by atoms with E-state index in [0.717, 1.165) is 22.0 Å². The molecule has 1 atom stereocenters. The second kappa shape index (κ2) is 7.79. The minimum atomic E-state index is -0.502. The fourth-order valence-electron chi connectivity index (χ4n) is 2.54. The van der Waals surface area contributed by atoms with Crippen LogP contribution in [0, 0.1) is 6.92 Å². The molecule has 1 unspecified atom stereocenters. The van der Waals surface area contributed by atoms with E-state index in [0.29, 0.717) is 5.69 Å². The van der Waals surface area contributed by atoms with Crippen molar-refractivity contribution >= 4 is 34.0 Å². The molecule has 1 amide bonds. The van der Waals surface area contributed by atoms with E-state index in [1.54, 1.807) is 6.92 Å². The Morgan fingerprint density at radius 3 is 2.58 bits per heavy atom. The van der Waals surface area contributed by atoms with Gasteiger partial charge >= 0.3 is 5.97 Å². The van der Waals surface area contributed by atoms with Gasteiger partial charge in [-0.1, -0.05) is 24.3 Å². The molecule has 0 saturated carbocycles. The second-order valence-electron chi connectivity index (χ2n) is 5.52. The van der Waals surface area contributed by atoms with Crippen LogP contribution in [0.15, 0.2) is 30.3 Å². The first kappa shape index (κ1) is 17.7. The molecule has 0 heterocycles. The van der Waals surface area contributed by atoms with Gasteiger partial charge in [-0.05, 0) is 30.9 Å². The van der Waals surface area contributed by atoms with Crippen LogP contribution in [0.5, 0.6) is 0 Å². The lowest BCUT2D eigenvalue weighted by atomic mass is 10.0. The first-order valence-corrected chi connectivity index (χ1v) is 7.63. The number of nitrogens with one attached hydrogen (secondary N) is 2. The summed E-state index contributed by atoms with van der Waals surface area (Å²) in [5.74, 6) is -0.587. The number of methoxy groups -OCH3 is 2. The quantitative estimate of drug-likeness (QED) is 0.797. The van der Waals surface area contributed by atoms with Gasteiger partial charge in [0.25, 0.3) is 0 Å². The zero-order chi connectivity index (χ0) is 17.7. The summed E-state index contributed by atoms with van der Waals surface area (Å²) in [6, 6.07) is 9.19. The maximum atomic E-state index is 12.0. The Morgan fingerprint density at radius 1 is 1.21 bits per heavy atom. The Morgan fingerprint density at radius 2 is 1.92 bits per heavy atom. The maximum absolute atomic E-state index is 12.0. The van der Waals surface area contributed by atoms with Crippen molar-refractivity contribution in [1.82, 2.24) is 0 Å². The molecule has 2 aromatic rings. The number of ether oxygens (including phenoxy) is 2. The number of amides is 1. The minimum absolute atomic E-state index is 0.0238. The summed E-state index contributed by atoms with van der Waals surface area (Å²) >= 11 is 0. The molecular formula is C18H22N2O4. The second-order valence-corrected chi connectivity index (χ2v) is 5.52. The summed E-state index contributed by atoms with van der Waals surface area (Å²) in [5.41, 5.74) is 2.31. The van der Waals surface area contributed by atoms with Crippen LogP contribution in [0.2, 0.25) is 0 Å². The van der Waals surface area contributed by atoms with E-state index in [1.807, 2.05) is 37.3 Å². The summed E-state index contributed by atoms with van der Waals surface area (Å²) < 4.78 is 9.63. The zero-order valence-electron chi connectivity index (χ0n) is 14.3. The van der Waals surface area contributed by atoms with Gasteiger partial charge in [0.15, 0.2) is 0 Å². The number of anilines is 2. The fraction of sp³-hybridized carbons (Fsp3) is 0.333. The van der Waals surface area contributed by atoms with E-state index in [4.69, 9.17) is 9.47 Å². The topological polar surface area (TPSA) is 76.7 Å². The SMILES string of the molecule is COCC(=O)Nc1c(C)c(NC(C)C(=O)OC)cc2ccccc12. The predicted octanol–water partition coefficient (Wildman–Crippen LogP) is 2.71. The van der Waals surface area contributed by atoms with Crippen molar-refractivity contribution in [2.45, 2.75) is 19.9 Å². The van der Waals surface area contributed by atoms with Gasteiger partial charge in [-0.3, -0.25) is 4.79 Å². The Bertz CT molecular complexity index is 758. The minimum Gasteiger partial charge on any atom is -0.467 e. The van der Waals surface area contributed by atoms with Crippen LogP contribution < -0.4 is 10.6 Å². The van der Waals surface area contributed by atoms with Crippen LogP contribution >= 0.6 is 0 Å². The van der Waals surface area contributed by atoms with E-state index in [9.17, 15) is 9.59 Å². The van der Waals surface area contributed by atoms with Crippen LogP contribution in [-0.4, -0.2) is 38.7 Å². The van der Waals surface area contributed by atoms with Crippen LogP contribution in [0.1, 0.15) is 12.5 Å². The highest BCUT2D eigenvalue weighted by Gasteiger charge is 2.17. The predicted molar refractivity (Wildman–Crippen MR) is 94.3 cm³/mol. The highest BCUT2D eigenvalue weighted by molar-refractivity contribution is 6.06. The highest BCUT2D eigenvalue weighted by Crippen LogP contribution is 2.33. The molecule has 24 heavy (non-hydrogen) atoms. The molecule has 0 aliphatic rings. The zero-order valence-corrected chi connectivity index (χ0v) is 14.3. The lowest BCUT2D eigenvalue weighted by Gasteiger charge is -2.19. The standard InChI is InChI=1S/C18H22N2O4/c1-11-15(19-12(2)18(22)24-4)9-13-7-5-6-8-14(13)17(11)20-16(21)10-23-3/h5-9,12,19H,10H2,1-4H3,(H,20,21). The van der Waals surface area contributed by atoms with Gasteiger partial charge in [0.05, 0.1) is 12.8 Å². The lowest BCUT2D eigenvalue weighted by Crippen LogP contribution is -2.27. The number of fused-ring (bicyclic) bond motifs is 1. The van der Waals surface area contributed by atoms with Crippen molar-refractivity contribution in [3.63, 3.8) is 0 Å². The first-order valence-electron chi connectivity index (χ1n) is 7.63. The van der Waals surface area contributed by atoms with Crippen LogP contribution in [0.3, 0.4) is 0 Å². The molecule has 0 aliphatic carbocycles. The van der Waals surface area contributed by atoms with Crippen LogP contribution in [-0.2, 0) is 19.1 Å². The van der Waals surface area contributed by atoms with E-state index in [1.165, 1.54) is 14.2 Å². The molecule has 6 nitrogen and oxygen atoms in total. The van der Waals surface area contributed by atoms with Gasteiger partial charge < -0.3 is 20.1 Å². The average molecular weight is 330 g/mol. The third-order valence-corrected chi connectivity index (χ3v) is 3.78. The molecule has 6 heteroatoms. The van der Waals surface area contributed by atoms with Crippen LogP contribution in [0.25, 0.3) is 10.8 Å². The van der Waals surface area contributed by atoms with Crippen molar-refractivity contribution in [2.24, 2.45) is 0 Å². The third kappa shape index (κ3) is 3.83. The molecule has 0 fully saturated rings. The van der Waals surface area contributed by atoms with Gasteiger partial charge in [-0.25, -0.2) is 4.79 Å². The van der Waals surface area contributed by atoms with Crippen LogP contribution in [0.4, 0.5) is 11.4 Å². The monoisotopic (exact) mass is 330 g/mol. The maximum Gasteiger partial charge on any atom is 0.327 e. The largest absolute Gasteiger partial charge is 0.467 e. The molecule has 0 saturated heterocycles. The lowest BCUT2D eigenvalue weighted by molar-refractivity contribution is -0.141. The Kier molecular flexibility index (Phi) is 5.76. The van der Waals surface area contributed by atoms with Gasteiger partial charge in [0, 0.05) is 18.2 Å². The number of hydrogen-bond donors (Lipinski definition) is 2. The number of rotatable bonds is 6. The highest BCUT2D eigenvalue weighted by atomic mass is 16.5. The normalized spacial score (nSPS) is 11.8. The smallest absolute Gasteiger partial charge is 0.327 e. The third-order valence-electron chi connectivity index (χ3n) is 3.78. The van der Waals surface area contributed by atoms with E-state index >= 15 is 0 Å². The molecule has 0 bridgehead atoms. The fourth-order valence-corrected chi connectivity index (χ4v) is 2.54. The molecule has 128 valence electrons. The molecule has 0 radical (unpaired) electrons. The molecule has 2 aromatic carbocycles. The van der Waals surface area contributed by atoms with Crippen molar-refractivity contribution in [1.29, 1.82) is 0 Å². The molecule has 0 aromatic heterocycles. The molecule has 2 N–H and O–H groups in total.